The van der Waals surface area contributed by atoms with Gasteiger partial charge >= 0.3 is 0 Å². The number of thiophene rings is 2. The first-order valence-electron chi connectivity index (χ1n) is 20.7. The van der Waals surface area contributed by atoms with Gasteiger partial charge in [0.15, 0.2) is 0 Å². The largest absolute Gasteiger partial charge is 0.243 e. The molecular formula is C57H34N2S2. The number of aromatic nitrogens is 2. The minimum atomic E-state index is -0.447. The maximum atomic E-state index is 5.37. The number of benzene rings is 9. The second kappa shape index (κ2) is 13.4. The monoisotopic (exact) mass is 810 g/mol. The van der Waals surface area contributed by atoms with Gasteiger partial charge in [0.25, 0.3) is 0 Å². The standard InChI is InChI=1S/C57H34N2S2/c1-3-15-40(16-4-1)57(41-17-5-2-6-18-41)48-23-9-7-19-43(48)44-28-25-37(33-49(44)57)36-27-30-53-47(32-36)54-56(61-53)59-50-29-26-38(34-51(50)58-54)35-13-11-14-39(31-35)42-21-12-22-46-45-20-8-10-24-52(45)60-55(42)46/h1-34H. The van der Waals surface area contributed by atoms with E-state index in [-0.39, 0.29) is 0 Å². The highest BCUT2D eigenvalue weighted by molar-refractivity contribution is 7.26. The van der Waals surface area contributed by atoms with Crippen LogP contribution in [0, 0.1) is 0 Å². The lowest BCUT2D eigenvalue weighted by atomic mass is 9.67. The van der Waals surface area contributed by atoms with Crippen LogP contribution in [0.15, 0.2) is 206 Å². The fourth-order valence-electron chi connectivity index (χ4n) is 10.0. The molecule has 13 rings (SSSR count). The van der Waals surface area contributed by atoms with Gasteiger partial charge in [-0.05, 0) is 109 Å². The van der Waals surface area contributed by atoms with E-state index in [0.717, 1.165) is 37.9 Å². The molecule has 61 heavy (non-hydrogen) atoms. The molecule has 0 spiro atoms. The number of hydrogen-bond acceptors (Lipinski definition) is 4. The van der Waals surface area contributed by atoms with Crippen molar-refractivity contribution in [3.63, 3.8) is 0 Å². The first kappa shape index (κ1) is 34.6. The molecule has 12 aromatic rings. The van der Waals surface area contributed by atoms with E-state index in [4.69, 9.17) is 9.97 Å². The topological polar surface area (TPSA) is 25.8 Å². The highest BCUT2D eigenvalue weighted by Crippen LogP contribution is 2.57. The van der Waals surface area contributed by atoms with Crippen molar-refractivity contribution in [2.45, 2.75) is 5.41 Å². The highest BCUT2D eigenvalue weighted by Gasteiger charge is 2.46. The lowest BCUT2D eigenvalue weighted by Gasteiger charge is -2.34. The summed E-state index contributed by atoms with van der Waals surface area (Å²) in [7, 11) is 0. The van der Waals surface area contributed by atoms with Crippen molar-refractivity contribution in [3.8, 4) is 44.5 Å². The van der Waals surface area contributed by atoms with Gasteiger partial charge in [0, 0.05) is 30.3 Å². The van der Waals surface area contributed by atoms with E-state index in [1.165, 1.54) is 80.5 Å². The average molecular weight is 811 g/mol. The fourth-order valence-corrected chi connectivity index (χ4v) is 12.3. The van der Waals surface area contributed by atoms with Gasteiger partial charge in [0.1, 0.15) is 10.3 Å². The van der Waals surface area contributed by atoms with Crippen LogP contribution in [-0.2, 0) is 5.41 Å². The van der Waals surface area contributed by atoms with E-state index in [1.807, 2.05) is 11.3 Å². The first-order chi connectivity index (χ1) is 30.2. The second-order valence-corrected chi connectivity index (χ2v) is 18.1. The molecule has 0 aliphatic heterocycles. The summed E-state index contributed by atoms with van der Waals surface area (Å²) in [5, 5.41) is 3.77. The van der Waals surface area contributed by atoms with Crippen LogP contribution in [0.3, 0.4) is 0 Å². The van der Waals surface area contributed by atoms with Gasteiger partial charge in [0.2, 0.25) is 0 Å². The van der Waals surface area contributed by atoms with Gasteiger partial charge in [-0.25, -0.2) is 9.97 Å². The van der Waals surface area contributed by atoms with E-state index in [2.05, 4.69) is 206 Å². The van der Waals surface area contributed by atoms with Gasteiger partial charge in [-0.3, -0.25) is 0 Å². The Kier molecular flexibility index (Phi) is 7.59. The molecular weight excluding hydrogens is 777 g/mol. The molecule has 0 radical (unpaired) electrons. The van der Waals surface area contributed by atoms with Crippen molar-refractivity contribution in [2.75, 3.05) is 0 Å². The Bertz CT molecular complexity index is 3670. The predicted octanol–water partition coefficient (Wildman–Crippen LogP) is 15.7. The van der Waals surface area contributed by atoms with Crippen LogP contribution in [0.5, 0.6) is 0 Å². The van der Waals surface area contributed by atoms with E-state index in [9.17, 15) is 0 Å². The van der Waals surface area contributed by atoms with Gasteiger partial charge in [-0.2, -0.15) is 0 Å². The minimum Gasteiger partial charge on any atom is -0.243 e. The van der Waals surface area contributed by atoms with Crippen LogP contribution in [0.4, 0.5) is 0 Å². The normalized spacial score (nSPS) is 13.0. The molecule has 0 amide bonds. The third-order valence-electron chi connectivity index (χ3n) is 12.8. The molecule has 0 atom stereocenters. The summed E-state index contributed by atoms with van der Waals surface area (Å²) < 4.78 is 3.84. The summed E-state index contributed by atoms with van der Waals surface area (Å²) in [6.45, 7) is 0. The number of hydrogen-bond donors (Lipinski definition) is 0. The molecule has 3 heterocycles. The summed E-state index contributed by atoms with van der Waals surface area (Å²) in [6, 6.07) is 75.7. The van der Waals surface area contributed by atoms with E-state index >= 15 is 0 Å². The number of fused-ring (bicyclic) bond motifs is 10. The van der Waals surface area contributed by atoms with E-state index in [0.29, 0.717) is 0 Å². The smallest absolute Gasteiger partial charge is 0.143 e. The second-order valence-electron chi connectivity index (χ2n) is 16.0. The molecule has 0 bridgehead atoms. The molecule has 0 saturated heterocycles. The average Bonchev–Trinajstić information content (AvgIpc) is 3.99. The Morgan fingerprint density at radius 1 is 0.344 bits per heavy atom. The van der Waals surface area contributed by atoms with Crippen molar-refractivity contribution in [1.29, 1.82) is 0 Å². The van der Waals surface area contributed by atoms with Crippen molar-refractivity contribution in [2.24, 2.45) is 0 Å². The Labute approximate surface area is 360 Å². The molecule has 0 fully saturated rings. The van der Waals surface area contributed by atoms with Gasteiger partial charge in [-0.15, -0.1) is 22.7 Å². The van der Waals surface area contributed by atoms with Crippen LogP contribution in [0.2, 0.25) is 0 Å². The zero-order valence-corrected chi connectivity index (χ0v) is 34.5. The van der Waals surface area contributed by atoms with Crippen LogP contribution < -0.4 is 0 Å². The quantitative estimate of drug-likeness (QED) is 0.173. The van der Waals surface area contributed by atoms with Crippen LogP contribution in [0.25, 0.3) is 96.1 Å². The molecule has 0 N–H and O–H groups in total. The molecule has 284 valence electrons. The van der Waals surface area contributed by atoms with Gasteiger partial charge < -0.3 is 0 Å². The predicted molar refractivity (Wildman–Crippen MR) is 259 cm³/mol. The molecule has 9 aromatic carbocycles. The Morgan fingerprint density at radius 2 is 0.967 bits per heavy atom. The summed E-state index contributed by atoms with van der Waals surface area (Å²) in [6.07, 6.45) is 0. The molecule has 4 heteroatoms. The molecule has 0 unspecified atom stereocenters. The summed E-state index contributed by atoms with van der Waals surface area (Å²) in [5.74, 6) is 0. The van der Waals surface area contributed by atoms with E-state index < -0.39 is 5.41 Å². The lowest BCUT2D eigenvalue weighted by molar-refractivity contribution is 0.769. The molecule has 1 aliphatic carbocycles. The SMILES string of the molecule is c1ccc(C2(c3ccccc3)c3ccccc3-c3ccc(-c4ccc5sc6nc7ccc(-c8cccc(-c9cccc%10c9sc9ccccc9%10)c8)cc7nc6c5c4)cc32)cc1. The maximum Gasteiger partial charge on any atom is 0.143 e. The molecule has 3 aromatic heterocycles. The Balaban J connectivity index is 0.925. The third kappa shape index (κ3) is 5.20. The fraction of sp³-hybridized carbons (Fsp3) is 0.0175. The molecule has 1 aliphatic rings. The maximum absolute atomic E-state index is 5.37. The Hall–Kier alpha value is -7.24. The zero-order chi connectivity index (χ0) is 40.1. The third-order valence-corrected chi connectivity index (χ3v) is 15.1. The molecule has 0 saturated carbocycles. The lowest BCUT2D eigenvalue weighted by Crippen LogP contribution is -2.28. The van der Waals surface area contributed by atoms with Crippen molar-refractivity contribution >= 4 is 74.3 Å². The zero-order valence-electron chi connectivity index (χ0n) is 32.8. The number of rotatable bonds is 5. The van der Waals surface area contributed by atoms with Gasteiger partial charge in [0.05, 0.1) is 16.4 Å². The Morgan fingerprint density at radius 3 is 1.84 bits per heavy atom. The summed E-state index contributed by atoms with van der Waals surface area (Å²) in [5.41, 5.74) is 17.2. The number of nitrogens with zero attached hydrogens (tertiary/aromatic N) is 2. The van der Waals surface area contributed by atoms with Crippen molar-refractivity contribution < 1.29 is 0 Å². The highest BCUT2D eigenvalue weighted by atomic mass is 32.1. The van der Waals surface area contributed by atoms with E-state index in [1.54, 1.807) is 11.3 Å². The van der Waals surface area contributed by atoms with Crippen LogP contribution >= 0.6 is 22.7 Å². The minimum absolute atomic E-state index is 0.447. The van der Waals surface area contributed by atoms with Crippen LogP contribution in [0.1, 0.15) is 22.3 Å². The van der Waals surface area contributed by atoms with Crippen LogP contribution in [-0.4, -0.2) is 9.97 Å². The van der Waals surface area contributed by atoms with Crippen molar-refractivity contribution in [1.82, 2.24) is 9.97 Å². The summed E-state index contributed by atoms with van der Waals surface area (Å²) in [4.78, 5) is 11.5. The summed E-state index contributed by atoms with van der Waals surface area (Å²) >= 11 is 3.59. The van der Waals surface area contributed by atoms with Crippen molar-refractivity contribution in [3.05, 3.63) is 229 Å². The first-order valence-corrected chi connectivity index (χ1v) is 22.3. The molecule has 2 nitrogen and oxygen atoms in total. The van der Waals surface area contributed by atoms with Gasteiger partial charge in [-0.1, -0.05) is 164 Å².